The van der Waals surface area contributed by atoms with Gasteiger partial charge < -0.3 is 10.5 Å². The Morgan fingerprint density at radius 1 is 1.19 bits per heavy atom. The average Bonchev–Trinajstić information content (AvgIpc) is 2.49. The van der Waals surface area contributed by atoms with E-state index in [0.717, 1.165) is 22.1 Å². The third kappa shape index (κ3) is 4.40. The molecule has 0 aliphatic rings. The Morgan fingerprint density at radius 2 is 1.95 bits per heavy atom. The molecule has 0 saturated carbocycles. The Morgan fingerprint density at radius 3 is 2.62 bits per heavy atom. The van der Waals surface area contributed by atoms with Crippen LogP contribution in [-0.2, 0) is 5.75 Å². The van der Waals surface area contributed by atoms with Crippen molar-refractivity contribution in [3.8, 4) is 5.75 Å². The molecule has 2 nitrogen and oxygen atoms in total. The zero-order valence-corrected chi connectivity index (χ0v) is 13.8. The molecule has 0 aliphatic carbocycles. The average molecular weight is 322 g/mol. The van der Waals surface area contributed by atoms with Gasteiger partial charge in [0, 0.05) is 22.1 Å². The van der Waals surface area contributed by atoms with Gasteiger partial charge in [0.25, 0.3) is 0 Å². The molecule has 0 heterocycles. The predicted molar refractivity (Wildman–Crippen MR) is 92.1 cm³/mol. The molecule has 0 amide bonds. The minimum absolute atomic E-state index is 0.0459. The van der Waals surface area contributed by atoms with Gasteiger partial charge in [-0.1, -0.05) is 41.9 Å². The highest BCUT2D eigenvalue weighted by molar-refractivity contribution is 7.98. The predicted octanol–water partition coefficient (Wildman–Crippen LogP) is 4.67. The molecule has 2 unspecified atom stereocenters. The molecule has 112 valence electrons. The lowest BCUT2D eigenvalue weighted by molar-refractivity contribution is 0.414. The first-order valence-corrected chi connectivity index (χ1v) is 8.29. The van der Waals surface area contributed by atoms with E-state index < -0.39 is 0 Å². The normalized spacial score (nSPS) is 13.7. The molecule has 0 spiro atoms. The van der Waals surface area contributed by atoms with Crippen LogP contribution < -0.4 is 10.5 Å². The Balaban J connectivity index is 2.14. The highest BCUT2D eigenvalue weighted by Crippen LogP contribution is 2.36. The van der Waals surface area contributed by atoms with Gasteiger partial charge in [0.05, 0.1) is 7.11 Å². The van der Waals surface area contributed by atoms with E-state index in [2.05, 4.69) is 12.1 Å². The Labute approximate surface area is 135 Å². The monoisotopic (exact) mass is 321 g/mol. The SMILES string of the molecule is COc1cccc(C(SCc2ccccc2Cl)C(C)N)c1. The second kappa shape index (κ2) is 7.74. The Bertz CT molecular complexity index is 589. The summed E-state index contributed by atoms with van der Waals surface area (Å²) in [5.74, 6) is 1.69. The van der Waals surface area contributed by atoms with E-state index in [9.17, 15) is 0 Å². The van der Waals surface area contributed by atoms with E-state index in [0.29, 0.717) is 0 Å². The van der Waals surface area contributed by atoms with Crippen LogP contribution in [0.5, 0.6) is 5.75 Å². The molecule has 2 rings (SSSR count). The fourth-order valence-corrected chi connectivity index (χ4v) is 3.70. The van der Waals surface area contributed by atoms with Crippen molar-refractivity contribution < 1.29 is 4.74 Å². The number of benzene rings is 2. The quantitative estimate of drug-likeness (QED) is 0.839. The summed E-state index contributed by atoms with van der Waals surface area (Å²) >= 11 is 8.02. The fraction of sp³-hybridized carbons (Fsp3) is 0.294. The van der Waals surface area contributed by atoms with Crippen LogP contribution in [0.25, 0.3) is 0 Å². The van der Waals surface area contributed by atoms with Gasteiger partial charge in [0.1, 0.15) is 5.75 Å². The largest absolute Gasteiger partial charge is 0.497 e. The van der Waals surface area contributed by atoms with Crippen LogP contribution in [0.15, 0.2) is 48.5 Å². The fourth-order valence-electron chi connectivity index (χ4n) is 2.17. The van der Waals surface area contributed by atoms with Crippen molar-refractivity contribution >= 4 is 23.4 Å². The third-order valence-corrected chi connectivity index (χ3v) is 5.18. The highest BCUT2D eigenvalue weighted by Gasteiger charge is 2.18. The number of nitrogens with two attached hydrogens (primary N) is 1. The van der Waals surface area contributed by atoms with Crippen LogP contribution in [0, 0.1) is 0 Å². The van der Waals surface area contributed by atoms with Crippen LogP contribution in [0.3, 0.4) is 0 Å². The molecule has 2 atom stereocenters. The summed E-state index contributed by atoms with van der Waals surface area (Å²) in [6.45, 7) is 2.03. The van der Waals surface area contributed by atoms with Crippen molar-refractivity contribution in [2.75, 3.05) is 7.11 Å². The number of thioether (sulfide) groups is 1. The van der Waals surface area contributed by atoms with Crippen LogP contribution >= 0.6 is 23.4 Å². The van der Waals surface area contributed by atoms with Gasteiger partial charge in [-0.2, -0.15) is 0 Å². The molecule has 0 fully saturated rings. The van der Waals surface area contributed by atoms with E-state index in [4.69, 9.17) is 22.1 Å². The summed E-state index contributed by atoms with van der Waals surface area (Å²) in [7, 11) is 1.68. The molecular weight excluding hydrogens is 302 g/mol. The second-order valence-electron chi connectivity index (χ2n) is 4.96. The zero-order chi connectivity index (χ0) is 15.2. The Hall–Kier alpha value is -1.16. The number of hydrogen-bond donors (Lipinski definition) is 1. The smallest absolute Gasteiger partial charge is 0.119 e. The summed E-state index contributed by atoms with van der Waals surface area (Å²) in [6.07, 6.45) is 0. The van der Waals surface area contributed by atoms with Gasteiger partial charge >= 0.3 is 0 Å². The van der Waals surface area contributed by atoms with Gasteiger partial charge in [0.2, 0.25) is 0 Å². The summed E-state index contributed by atoms with van der Waals surface area (Å²) in [5, 5.41) is 1.01. The van der Waals surface area contributed by atoms with Crippen LogP contribution in [0.1, 0.15) is 23.3 Å². The molecule has 2 aromatic rings. The van der Waals surface area contributed by atoms with Gasteiger partial charge in [-0.05, 0) is 36.2 Å². The van der Waals surface area contributed by atoms with Crippen molar-refractivity contribution in [1.82, 2.24) is 0 Å². The third-order valence-electron chi connectivity index (χ3n) is 3.28. The first kappa shape index (κ1) is 16.2. The van der Waals surface area contributed by atoms with E-state index in [-0.39, 0.29) is 11.3 Å². The molecule has 0 aromatic heterocycles. The number of ether oxygens (including phenoxy) is 1. The van der Waals surface area contributed by atoms with Gasteiger partial charge in [0.15, 0.2) is 0 Å². The summed E-state index contributed by atoms with van der Waals surface area (Å²) < 4.78 is 5.30. The topological polar surface area (TPSA) is 35.2 Å². The van der Waals surface area contributed by atoms with Crippen LogP contribution in [-0.4, -0.2) is 13.2 Å². The van der Waals surface area contributed by atoms with E-state index in [1.807, 2.05) is 43.3 Å². The van der Waals surface area contributed by atoms with Gasteiger partial charge in [-0.3, -0.25) is 0 Å². The maximum atomic E-state index is 6.22. The molecule has 2 N–H and O–H groups in total. The number of methoxy groups -OCH3 is 1. The molecule has 2 aromatic carbocycles. The lowest BCUT2D eigenvalue weighted by atomic mass is 10.1. The van der Waals surface area contributed by atoms with E-state index in [1.165, 1.54) is 5.56 Å². The maximum Gasteiger partial charge on any atom is 0.119 e. The van der Waals surface area contributed by atoms with Crippen LogP contribution in [0.2, 0.25) is 5.02 Å². The second-order valence-corrected chi connectivity index (χ2v) is 6.50. The summed E-state index contributed by atoms with van der Waals surface area (Å²) in [4.78, 5) is 0. The Kier molecular flexibility index (Phi) is 5.97. The molecule has 0 saturated heterocycles. The highest BCUT2D eigenvalue weighted by atomic mass is 35.5. The standard InChI is InChI=1S/C17H20ClNOS/c1-12(19)17(13-7-5-8-15(10-13)20-2)21-11-14-6-3-4-9-16(14)18/h3-10,12,17H,11,19H2,1-2H3. The molecular formula is C17H20ClNOS. The summed E-state index contributed by atoms with van der Waals surface area (Å²) in [6, 6.07) is 16.1. The minimum Gasteiger partial charge on any atom is -0.497 e. The lowest BCUT2D eigenvalue weighted by Crippen LogP contribution is -2.22. The molecule has 21 heavy (non-hydrogen) atoms. The first-order valence-electron chi connectivity index (χ1n) is 6.86. The number of halogens is 1. The van der Waals surface area contributed by atoms with Crippen LogP contribution in [0.4, 0.5) is 0 Å². The molecule has 0 bridgehead atoms. The lowest BCUT2D eigenvalue weighted by Gasteiger charge is -2.21. The molecule has 0 radical (unpaired) electrons. The first-order chi connectivity index (χ1) is 10.1. The van der Waals surface area contributed by atoms with Crippen molar-refractivity contribution in [3.05, 3.63) is 64.7 Å². The number of rotatable bonds is 6. The van der Waals surface area contributed by atoms with Crippen molar-refractivity contribution in [2.45, 2.75) is 24.0 Å². The maximum absolute atomic E-state index is 6.22. The zero-order valence-electron chi connectivity index (χ0n) is 12.3. The molecule has 4 heteroatoms. The molecule has 0 aliphatic heterocycles. The number of hydrogen-bond acceptors (Lipinski definition) is 3. The van der Waals surface area contributed by atoms with E-state index in [1.54, 1.807) is 18.9 Å². The van der Waals surface area contributed by atoms with Crippen molar-refractivity contribution in [1.29, 1.82) is 0 Å². The van der Waals surface area contributed by atoms with Gasteiger partial charge in [-0.15, -0.1) is 11.8 Å². The van der Waals surface area contributed by atoms with E-state index >= 15 is 0 Å². The summed E-state index contributed by atoms with van der Waals surface area (Å²) in [5.41, 5.74) is 8.49. The minimum atomic E-state index is 0.0459. The van der Waals surface area contributed by atoms with Crippen molar-refractivity contribution in [3.63, 3.8) is 0 Å². The van der Waals surface area contributed by atoms with Gasteiger partial charge in [-0.25, -0.2) is 0 Å². The van der Waals surface area contributed by atoms with Crippen molar-refractivity contribution in [2.24, 2.45) is 5.73 Å².